The number of nitrogens with zero attached hydrogens (tertiary/aromatic N) is 4. The molecule has 14 nitrogen and oxygen atoms in total. The van der Waals surface area contributed by atoms with Crippen LogP contribution < -0.4 is 20.1 Å². The maximum absolute atomic E-state index is 14.5. The highest BCUT2D eigenvalue weighted by atomic mass is 16.6. The smallest absolute Gasteiger partial charge is 0.408 e. The van der Waals surface area contributed by atoms with Gasteiger partial charge in [-0.2, -0.15) is 5.10 Å². The van der Waals surface area contributed by atoms with E-state index in [9.17, 15) is 24.3 Å². The van der Waals surface area contributed by atoms with E-state index in [0.717, 1.165) is 12.8 Å². The van der Waals surface area contributed by atoms with Gasteiger partial charge in [0.25, 0.3) is 0 Å². The van der Waals surface area contributed by atoms with Gasteiger partial charge in [0, 0.05) is 36.3 Å². The fraction of sp³-hybridized carbons (Fsp3) is 0.568. The summed E-state index contributed by atoms with van der Waals surface area (Å²) in [4.78, 5) is 60.3. The predicted molar refractivity (Wildman–Crippen MR) is 184 cm³/mol. The van der Waals surface area contributed by atoms with Gasteiger partial charge in [0.1, 0.15) is 41.3 Å². The molecule has 1 aliphatic heterocycles. The van der Waals surface area contributed by atoms with E-state index < -0.39 is 53.0 Å². The summed E-state index contributed by atoms with van der Waals surface area (Å²) in [5, 5.41) is 20.7. The number of pyridine rings is 1. The molecule has 4 fully saturated rings. The number of benzene rings is 1. The maximum atomic E-state index is 14.5. The maximum Gasteiger partial charge on any atom is 0.408 e. The molecule has 3 saturated carbocycles. The molecule has 14 heteroatoms. The minimum atomic E-state index is -1.38. The minimum Gasteiger partial charge on any atom is -0.497 e. The molecule has 3 aliphatic carbocycles. The quantitative estimate of drug-likeness (QED) is 0.264. The summed E-state index contributed by atoms with van der Waals surface area (Å²) in [5.41, 5.74) is -1.54. The van der Waals surface area contributed by atoms with Gasteiger partial charge in [-0.15, -0.1) is 0 Å². The van der Waals surface area contributed by atoms with Crippen LogP contribution in [0, 0.1) is 23.2 Å². The number of rotatable bonds is 11. The van der Waals surface area contributed by atoms with Crippen molar-refractivity contribution in [3.63, 3.8) is 0 Å². The zero-order chi connectivity index (χ0) is 36.2. The van der Waals surface area contributed by atoms with Crippen LogP contribution in [0.4, 0.5) is 4.79 Å². The normalized spacial score (nSPS) is 28.5. The van der Waals surface area contributed by atoms with Crippen molar-refractivity contribution in [2.75, 3.05) is 13.7 Å². The van der Waals surface area contributed by atoms with Gasteiger partial charge in [-0.3, -0.25) is 9.59 Å². The summed E-state index contributed by atoms with van der Waals surface area (Å²) in [7, 11) is 1.57. The molecule has 0 unspecified atom stereocenters. The van der Waals surface area contributed by atoms with E-state index in [1.165, 1.54) is 11.3 Å². The number of hydrogen-bond donors (Lipinski definition) is 3. The van der Waals surface area contributed by atoms with E-state index in [1.807, 2.05) is 33.8 Å². The Hall–Kier alpha value is -4.88. The third-order valence-corrected chi connectivity index (χ3v) is 11.0. The highest BCUT2D eigenvalue weighted by molar-refractivity contribution is 5.96. The van der Waals surface area contributed by atoms with Gasteiger partial charge in [-0.25, -0.2) is 19.3 Å². The van der Waals surface area contributed by atoms with Crippen LogP contribution in [0.25, 0.3) is 16.7 Å². The molecule has 0 bridgehead atoms. The van der Waals surface area contributed by atoms with E-state index >= 15 is 0 Å². The lowest BCUT2D eigenvalue weighted by Crippen LogP contribution is -2.59. The van der Waals surface area contributed by atoms with Crippen LogP contribution >= 0.6 is 0 Å². The Labute approximate surface area is 296 Å². The lowest BCUT2D eigenvalue weighted by Gasteiger charge is -2.35. The number of carboxylic acids is 1. The molecule has 1 aromatic carbocycles. The second-order valence-electron chi connectivity index (χ2n) is 15.6. The number of methoxy groups -OCH3 is 1. The first-order valence-electron chi connectivity index (χ1n) is 17.8. The predicted octanol–water partition coefficient (Wildman–Crippen LogP) is 4.09. The number of nitrogens with one attached hydrogen (secondary N) is 2. The number of carboxylic acid groups (broad SMARTS) is 1. The van der Waals surface area contributed by atoms with Gasteiger partial charge >= 0.3 is 12.1 Å². The van der Waals surface area contributed by atoms with E-state index in [4.69, 9.17) is 19.2 Å². The molecule has 272 valence electrons. The average molecular weight is 703 g/mol. The second kappa shape index (κ2) is 13.0. The van der Waals surface area contributed by atoms with Crippen LogP contribution in [0.5, 0.6) is 11.5 Å². The van der Waals surface area contributed by atoms with Crippen LogP contribution in [0.1, 0.15) is 66.2 Å². The zero-order valence-corrected chi connectivity index (χ0v) is 29.6. The van der Waals surface area contributed by atoms with E-state index in [0.29, 0.717) is 52.9 Å². The number of fused-ring (bicyclic) bond motifs is 2. The number of ether oxygens (including phenoxy) is 3. The Balaban J connectivity index is 1.18. The Morgan fingerprint density at radius 1 is 1.08 bits per heavy atom. The molecule has 4 aliphatic rings. The van der Waals surface area contributed by atoms with Gasteiger partial charge in [0.2, 0.25) is 11.8 Å². The number of aliphatic carboxylic acids is 1. The van der Waals surface area contributed by atoms with Crippen molar-refractivity contribution in [1.82, 2.24) is 30.3 Å². The molecular formula is C37H46N6O8. The molecule has 3 amide bonds. The molecule has 7 rings (SSSR count). The van der Waals surface area contributed by atoms with Gasteiger partial charge < -0.3 is 34.9 Å². The van der Waals surface area contributed by atoms with Crippen molar-refractivity contribution < 1.29 is 38.5 Å². The molecule has 8 atom stereocenters. The Morgan fingerprint density at radius 3 is 2.47 bits per heavy atom. The van der Waals surface area contributed by atoms with Crippen molar-refractivity contribution >= 4 is 34.8 Å². The van der Waals surface area contributed by atoms with Gasteiger partial charge in [0.05, 0.1) is 19.2 Å². The van der Waals surface area contributed by atoms with E-state index in [2.05, 4.69) is 15.7 Å². The molecule has 3 N–H and O–H groups in total. The topological polar surface area (TPSA) is 174 Å². The summed E-state index contributed by atoms with van der Waals surface area (Å²) in [5.74, 6) is 0.437. The first-order valence-corrected chi connectivity index (χ1v) is 17.8. The molecule has 3 aromatic rings. The average Bonchev–Trinajstić information content (AvgIpc) is 3.70. The van der Waals surface area contributed by atoms with Gasteiger partial charge in [-0.05, 0) is 67.1 Å². The molecule has 0 radical (unpaired) electrons. The minimum absolute atomic E-state index is 0.0144. The van der Waals surface area contributed by atoms with Crippen molar-refractivity contribution in [2.45, 2.75) is 96.1 Å². The van der Waals surface area contributed by atoms with Crippen molar-refractivity contribution in [2.24, 2.45) is 23.2 Å². The molecule has 3 heterocycles. The van der Waals surface area contributed by atoms with Crippen molar-refractivity contribution in [3.8, 4) is 17.3 Å². The summed E-state index contributed by atoms with van der Waals surface area (Å²) in [6.07, 6.45) is 5.74. The van der Waals surface area contributed by atoms with Gasteiger partial charge in [-0.1, -0.05) is 34.1 Å². The molecule has 51 heavy (non-hydrogen) atoms. The van der Waals surface area contributed by atoms with Crippen LogP contribution in [-0.4, -0.2) is 92.1 Å². The standard InChI is InChI=1S/C37H46N6O8/c1-6-22-18-37(22,34(46)47)41-32(44)28-16-25(50-29-17-30(43-11-7-10-38-43)39-27-15-23(49-5)8-9-26(27)29)19-42(28)33(45)31(36(2,3)4)40-35(48)51-24-13-20-12-21(20)14-24/h7-11,15,17,20-22,24-25,28,31H,6,12-14,16,18-19H2,1-5H3,(H,40,48)(H,41,44)(H,46,47)/t20-,21+,22-,24-,25-,28+,31-,37-/m1/s1. The number of carbonyl (C=O) groups is 4. The van der Waals surface area contributed by atoms with E-state index in [1.54, 1.807) is 48.5 Å². The van der Waals surface area contributed by atoms with Gasteiger partial charge in [0.15, 0.2) is 5.82 Å². The number of carbonyl (C=O) groups excluding carboxylic acids is 3. The lowest BCUT2D eigenvalue weighted by atomic mass is 9.85. The summed E-state index contributed by atoms with van der Waals surface area (Å²) < 4.78 is 19.4. The molecule has 1 saturated heterocycles. The third kappa shape index (κ3) is 6.79. The molecule has 0 spiro atoms. The van der Waals surface area contributed by atoms with Crippen molar-refractivity contribution in [1.29, 1.82) is 0 Å². The Kier molecular flexibility index (Phi) is 8.83. The lowest BCUT2D eigenvalue weighted by molar-refractivity contribution is -0.146. The monoisotopic (exact) mass is 702 g/mol. The SMILES string of the molecule is CC[C@@H]1C[C@]1(NC(=O)[C@@H]1C[C@@H](Oc2cc(-n3cccn3)nc3cc(OC)ccc23)CN1C(=O)[C@@H](NC(=O)O[C@H]1C[C@@H]2C[C@@H]2C1)C(C)(C)C)C(=O)O. The number of hydrogen-bond acceptors (Lipinski definition) is 9. The first-order chi connectivity index (χ1) is 24.3. The van der Waals surface area contributed by atoms with E-state index in [-0.39, 0.29) is 25.0 Å². The number of aromatic nitrogens is 3. The van der Waals surface area contributed by atoms with Crippen LogP contribution in [-0.2, 0) is 19.1 Å². The summed E-state index contributed by atoms with van der Waals surface area (Å²) in [6, 6.07) is 6.85. The van der Waals surface area contributed by atoms with Crippen LogP contribution in [0.3, 0.4) is 0 Å². The number of likely N-dealkylation sites (tertiary alicyclic amines) is 1. The number of amides is 3. The largest absolute Gasteiger partial charge is 0.497 e. The Morgan fingerprint density at radius 2 is 1.84 bits per heavy atom. The third-order valence-electron chi connectivity index (χ3n) is 11.0. The highest BCUT2D eigenvalue weighted by Gasteiger charge is 2.61. The molecular weight excluding hydrogens is 656 g/mol. The fourth-order valence-electron chi connectivity index (χ4n) is 7.93. The summed E-state index contributed by atoms with van der Waals surface area (Å²) in [6.45, 7) is 7.41. The van der Waals surface area contributed by atoms with Crippen LogP contribution in [0.15, 0.2) is 42.7 Å². The fourth-order valence-corrected chi connectivity index (χ4v) is 7.93. The highest BCUT2D eigenvalue weighted by Crippen LogP contribution is 2.52. The zero-order valence-electron chi connectivity index (χ0n) is 29.6. The molecule has 2 aromatic heterocycles. The number of alkyl carbamates (subject to hydrolysis) is 1. The first kappa shape index (κ1) is 34.6. The van der Waals surface area contributed by atoms with Crippen LogP contribution in [0.2, 0.25) is 0 Å². The second-order valence-corrected chi connectivity index (χ2v) is 15.6. The summed E-state index contributed by atoms with van der Waals surface area (Å²) >= 11 is 0. The Bertz CT molecular complexity index is 1830. The van der Waals surface area contributed by atoms with Crippen molar-refractivity contribution in [3.05, 3.63) is 42.7 Å².